The van der Waals surface area contributed by atoms with Gasteiger partial charge in [-0.15, -0.1) is 0 Å². The minimum Gasteiger partial charge on any atom is -0.267 e. The Bertz CT molecular complexity index is 187. The number of aliphatic imine (C=N–C) groups is 2. The van der Waals surface area contributed by atoms with Crippen molar-refractivity contribution in [3.63, 3.8) is 0 Å². The van der Waals surface area contributed by atoms with Crippen molar-refractivity contribution in [3.05, 3.63) is 24.0 Å². The lowest BCUT2D eigenvalue weighted by molar-refractivity contribution is 1.22. The number of rotatable bonds is 3. The van der Waals surface area contributed by atoms with E-state index < -0.39 is 0 Å². The van der Waals surface area contributed by atoms with Crippen LogP contribution in [0.2, 0.25) is 0 Å². The molecule has 0 radical (unpaired) electrons. The molecule has 0 atom stereocenters. The summed E-state index contributed by atoms with van der Waals surface area (Å²) < 4.78 is 0. The van der Waals surface area contributed by atoms with Crippen molar-refractivity contribution < 1.29 is 0 Å². The van der Waals surface area contributed by atoms with Crippen LogP contribution in [0, 0.1) is 0 Å². The van der Waals surface area contributed by atoms with Crippen molar-refractivity contribution in [2.24, 2.45) is 9.98 Å². The Balaban J connectivity index is 4.61. The van der Waals surface area contributed by atoms with E-state index in [2.05, 4.69) is 23.3 Å². The molecule has 2 heteroatoms. The van der Waals surface area contributed by atoms with E-state index in [9.17, 15) is 0 Å². The van der Waals surface area contributed by atoms with E-state index in [0.29, 0.717) is 0 Å². The largest absolute Gasteiger partial charge is 0.267 e. The summed E-state index contributed by atoms with van der Waals surface area (Å²) in [7, 11) is 0. The summed E-state index contributed by atoms with van der Waals surface area (Å²) >= 11 is 0. The molecule has 0 aliphatic carbocycles. The number of hydrogen-bond acceptors (Lipinski definition) is 2. The molecule has 0 aromatic heterocycles. The van der Waals surface area contributed by atoms with Crippen molar-refractivity contribution in [2.75, 3.05) is 0 Å². The molecule has 0 saturated carbocycles. The van der Waals surface area contributed by atoms with E-state index in [4.69, 9.17) is 0 Å². The van der Waals surface area contributed by atoms with E-state index in [1.807, 2.05) is 13.8 Å². The molecule has 0 aromatic carbocycles. The minimum absolute atomic E-state index is 0.775. The average molecular weight is 136 g/mol. The van der Waals surface area contributed by atoms with Gasteiger partial charge < -0.3 is 0 Å². The third kappa shape index (κ3) is 2.40. The summed E-state index contributed by atoms with van der Waals surface area (Å²) in [5.74, 6) is 0. The molecule has 0 aliphatic heterocycles. The second-order valence-corrected chi connectivity index (χ2v) is 1.72. The Hall–Kier alpha value is -1.18. The lowest BCUT2D eigenvalue weighted by atomic mass is 10.3. The van der Waals surface area contributed by atoms with Crippen LogP contribution in [-0.2, 0) is 0 Å². The lowest BCUT2D eigenvalue weighted by Gasteiger charge is -1.94. The molecule has 0 spiro atoms. The molecular weight excluding hydrogens is 124 g/mol. The predicted molar refractivity (Wildman–Crippen MR) is 46.6 cm³/mol. The van der Waals surface area contributed by atoms with Crippen LogP contribution < -0.4 is 0 Å². The zero-order valence-electron chi connectivity index (χ0n) is 6.46. The van der Waals surface area contributed by atoms with Gasteiger partial charge in [-0.25, -0.2) is 0 Å². The standard InChI is InChI=1S/C8H12N2/c1-5-8(10-6-2)7(3)9-4/h5-6H,1,4H2,2-3H3/b8-7-,10-6?. The molecule has 0 aromatic rings. The van der Waals surface area contributed by atoms with Crippen molar-refractivity contribution in [1.29, 1.82) is 0 Å². The fourth-order valence-electron chi connectivity index (χ4n) is 0.514. The highest BCUT2D eigenvalue weighted by Crippen LogP contribution is 2.05. The van der Waals surface area contributed by atoms with Crippen LogP contribution >= 0.6 is 0 Å². The van der Waals surface area contributed by atoms with Crippen molar-refractivity contribution >= 4 is 12.9 Å². The van der Waals surface area contributed by atoms with Crippen LogP contribution in [0.1, 0.15) is 13.8 Å². The van der Waals surface area contributed by atoms with Gasteiger partial charge in [-0.05, 0) is 26.6 Å². The van der Waals surface area contributed by atoms with E-state index in [1.165, 1.54) is 0 Å². The molecule has 0 unspecified atom stereocenters. The highest BCUT2D eigenvalue weighted by atomic mass is 14.8. The maximum atomic E-state index is 4.02. The van der Waals surface area contributed by atoms with Crippen LogP contribution in [0.5, 0.6) is 0 Å². The van der Waals surface area contributed by atoms with Gasteiger partial charge in [0.25, 0.3) is 0 Å². The Kier molecular flexibility index (Phi) is 4.12. The molecule has 54 valence electrons. The van der Waals surface area contributed by atoms with Crippen LogP contribution in [0.4, 0.5) is 0 Å². The molecule has 0 saturated heterocycles. The molecule has 0 N–H and O–H groups in total. The Morgan fingerprint density at radius 3 is 2.40 bits per heavy atom. The average Bonchev–Trinajstić information content (AvgIpc) is 1.99. The number of allylic oxidation sites excluding steroid dienone is 2. The Labute approximate surface area is 61.7 Å². The fourth-order valence-corrected chi connectivity index (χ4v) is 0.514. The molecule has 10 heavy (non-hydrogen) atoms. The summed E-state index contributed by atoms with van der Waals surface area (Å²) in [5.41, 5.74) is 1.57. The smallest absolute Gasteiger partial charge is 0.0831 e. The van der Waals surface area contributed by atoms with Gasteiger partial charge in [-0.1, -0.05) is 6.58 Å². The highest BCUT2D eigenvalue weighted by molar-refractivity contribution is 5.56. The molecule has 0 amide bonds. The van der Waals surface area contributed by atoms with E-state index in [1.54, 1.807) is 12.3 Å². The fraction of sp³-hybridized carbons (Fsp3) is 0.250. The summed E-state index contributed by atoms with van der Waals surface area (Å²) in [6.07, 6.45) is 3.36. The Morgan fingerprint density at radius 2 is 2.10 bits per heavy atom. The number of hydrogen-bond donors (Lipinski definition) is 0. The van der Waals surface area contributed by atoms with Crippen molar-refractivity contribution in [1.82, 2.24) is 0 Å². The van der Waals surface area contributed by atoms with E-state index in [-0.39, 0.29) is 0 Å². The predicted octanol–water partition coefficient (Wildman–Crippen LogP) is 2.20. The van der Waals surface area contributed by atoms with Crippen LogP contribution in [-0.4, -0.2) is 12.9 Å². The molecule has 0 fully saturated rings. The van der Waals surface area contributed by atoms with Crippen LogP contribution in [0.25, 0.3) is 0 Å². The van der Waals surface area contributed by atoms with Gasteiger partial charge in [0.1, 0.15) is 0 Å². The number of nitrogens with zero attached hydrogens (tertiary/aromatic N) is 2. The van der Waals surface area contributed by atoms with Gasteiger partial charge in [-0.2, -0.15) is 0 Å². The van der Waals surface area contributed by atoms with Gasteiger partial charge in [0.15, 0.2) is 0 Å². The second kappa shape index (κ2) is 4.68. The highest BCUT2D eigenvalue weighted by Gasteiger charge is 1.89. The van der Waals surface area contributed by atoms with Gasteiger partial charge in [-0.3, -0.25) is 9.98 Å². The van der Waals surface area contributed by atoms with Gasteiger partial charge >= 0.3 is 0 Å². The molecule has 0 bridgehead atoms. The van der Waals surface area contributed by atoms with Crippen LogP contribution in [0.15, 0.2) is 34.0 Å². The summed E-state index contributed by atoms with van der Waals surface area (Å²) in [6, 6.07) is 0. The van der Waals surface area contributed by atoms with Crippen molar-refractivity contribution in [3.8, 4) is 0 Å². The molecular formula is C8H12N2. The third-order valence-corrected chi connectivity index (χ3v) is 1.07. The monoisotopic (exact) mass is 136 g/mol. The maximum Gasteiger partial charge on any atom is 0.0831 e. The first kappa shape index (κ1) is 8.82. The van der Waals surface area contributed by atoms with Gasteiger partial charge in [0.2, 0.25) is 0 Å². The summed E-state index contributed by atoms with van der Waals surface area (Å²) in [6.45, 7) is 10.7. The SMILES string of the molecule is C=C/C(N=CC)=C(\C)N=C. The van der Waals surface area contributed by atoms with Crippen LogP contribution in [0.3, 0.4) is 0 Å². The summed E-state index contributed by atoms with van der Waals surface area (Å²) in [5, 5.41) is 0. The Morgan fingerprint density at radius 1 is 1.50 bits per heavy atom. The second-order valence-electron chi connectivity index (χ2n) is 1.72. The van der Waals surface area contributed by atoms with Crippen molar-refractivity contribution in [2.45, 2.75) is 13.8 Å². The third-order valence-electron chi connectivity index (χ3n) is 1.07. The first-order valence-corrected chi connectivity index (χ1v) is 3.05. The normalized spacial score (nSPS) is 13.0. The zero-order chi connectivity index (χ0) is 7.98. The molecule has 2 nitrogen and oxygen atoms in total. The van der Waals surface area contributed by atoms with Gasteiger partial charge in [0, 0.05) is 6.21 Å². The zero-order valence-corrected chi connectivity index (χ0v) is 6.46. The van der Waals surface area contributed by atoms with E-state index >= 15 is 0 Å². The minimum atomic E-state index is 0.775. The van der Waals surface area contributed by atoms with Gasteiger partial charge in [0.05, 0.1) is 11.4 Å². The lowest BCUT2D eigenvalue weighted by Crippen LogP contribution is -1.77. The topological polar surface area (TPSA) is 24.7 Å². The van der Waals surface area contributed by atoms with E-state index in [0.717, 1.165) is 11.4 Å². The first-order chi connectivity index (χ1) is 4.76. The quantitative estimate of drug-likeness (QED) is 0.419. The summed E-state index contributed by atoms with van der Waals surface area (Å²) in [4.78, 5) is 7.74. The maximum absolute atomic E-state index is 4.02. The molecule has 0 rings (SSSR count). The molecule has 0 aliphatic rings. The first-order valence-electron chi connectivity index (χ1n) is 3.05. The molecule has 0 heterocycles.